The number of ether oxygens (including phenoxy) is 1. The Morgan fingerprint density at radius 2 is 2.18 bits per heavy atom. The Morgan fingerprint density at radius 3 is 2.71 bits per heavy atom. The van der Waals surface area contributed by atoms with Crippen molar-refractivity contribution in [1.29, 1.82) is 0 Å². The van der Waals surface area contributed by atoms with Crippen LogP contribution in [0.25, 0.3) is 0 Å². The number of allylic oxidation sites excluding steroid dienone is 3. The number of rotatable bonds is 4. The highest BCUT2D eigenvalue weighted by Gasteiger charge is 2.30. The van der Waals surface area contributed by atoms with Crippen LogP contribution in [0.2, 0.25) is 0 Å². The van der Waals surface area contributed by atoms with Crippen molar-refractivity contribution in [3.8, 4) is 0 Å². The van der Waals surface area contributed by atoms with Crippen LogP contribution in [0.15, 0.2) is 22.9 Å². The maximum Gasteiger partial charge on any atom is 0.335 e. The predicted octanol–water partition coefficient (Wildman–Crippen LogP) is 2.88. The van der Waals surface area contributed by atoms with Crippen molar-refractivity contribution in [3.05, 3.63) is 22.9 Å². The molecule has 0 aliphatic carbocycles. The molecule has 0 aromatic heterocycles. The molecule has 0 fully saturated rings. The number of hydrogen-bond donors (Lipinski definition) is 0. The number of methoxy groups -OCH3 is 1. The van der Waals surface area contributed by atoms with Crippen molar-refractivity contribution in [2.45, 2.75) is 46.1 Å². The summed E-state index contributed by atoms with van der Waals surface area (Å²) in [4.78, 5) is 13.8. The SMILES string of the molecule is COC(=O)C1=C(C)N(C)C(CCC=C(C)C)C1. The second kappa shape index (κ2) is 5.89. The molecule has 1 aliphatic rings. The molecule has 96 valence electrons. The Hall–Kier alpha value is -1.25. The second-order valence-corrected chi connectivity index (χ2v) is 4.88. The maximum atomic E-state index is 11.6. The van der Waals surface area contributed by atoms with Gasteiger partial charge in [-0.15, -0.1) is 0 Å². The summed E-state index contributed by atoms with van der Waals surface area (Å²) in [6, 6.07) is 0.430. The third-order valence-corrected chi connectivity index (χ3v) is 3.44. The van der Waals surface area contributed by atoms with E-state index in [1.54, 1.807) is 0 Å². The number of carbonyl (C=O) groups excluding carboxylic acids is 1. The fourth-order valence-electron chi connectivity index (χ4n) is 2.22. The van der Waals surface area contributed by atoms with Gasteiger partial charge in [0, 0.05) is 25.2 Å². The average Bonchev–Trinajstić information content (AvgIpc) is 2.56. The highest BCUT2D eigenvalue weighted by molar-refractivity contribution is 5.89. The molecular weight excluding hydrogens is 214 g/mol. The molecular formula is C14H23NO2. The van der Waals surface area contributed by atoms with E-state index >= 15 is 0 Å². The van der Waals surface area contributed by atoms with Crippen LogP contribution in [-0.4, -0.2) is 31.1 Å². The van der Waals surface area contributed by atoms with E-state index in [4.69, 9.17) is 4.74 Å². The van der Waals surface area contributed by atoms with Crippen LogP contribution in [0.4, 0.5) is 0 Å². The van der Waals surface area contributed by atoms with E-state index in [9.17, 15) is 4.79 Å². The monoisotopic (exact) mass is 237 g/mol. The van der Waals surface area contributed by atoms with Crippen molar-refractivity contribution in [2.75, 3.05) is 14.2 Å². The van der Waals surface area contributed by atoms with Crippen LogP contribution in [0.1, 0.15) is 40.0 Å². The molecule has 0 saturated heterocycles. The van der Waals surface area contributed by atoms with Gasteiger partial charge in [-0.05, 0) is 33.6 Å². The molecule has 0 saturated carbocycles. The number of hydrogen-bond acceptors (Lipinski definition) is 3. The van der Waals surface area contributed by atoms with Gasteiger partial charge in [-0.2, -0.15) is 0 Å². The quantitative estimate of drug-likeness (QED) is 0.556. The van der Waals surface area contributed by atoms with E-state index in [0.29, 0.717) is 6.04 Å². The minimum absolute atomic E-state index is 0.181. The van der Waals surface area contributed by atoms with Crippen LogP contribution in [0.5, 0.6) is 0 Å². The zero-order valence-corrected chi connectivity index (χ0v) is 11.5. The Labute approximate surface area is 104 Å². The van der Waals surface area contributed by atoms with Gasteiger partial charge in [-0.1, -0.05) is 11.6 Å². The van der Waals surface area contributed by atoms with E-state index in [-0.39, 0.29) is 5.97 Å². The lowest BCUT2D eigenvalue weighted by Gasteiger charge is -2.23. The van der Waals surface area contributed by atoms with Crippen molar-refractivity contribution in [3.63, 3.8) is 0 Å². The summed E-state index contributed by atoms with van der Waals surface area (Å²) in [6.45, 7) is 6.22. The van der Waals surface area contributed by atoms with E-state index < -0.39 is 0 Å². The van der Waals surface area contributed by atoms with Crippen molar-refractivity contribution < 1.29 is 9.53 Å². The summed E-state index contributed by atoms with van der Waals surface area (Å²) in [5.41, 5.74) is 3.24. The summed E-state index contributed by atoms with van der Waals surface area (Å²) >= 11 is 0. The number of nitrogens with zero attached hydrogens (tertiary/aromatic N) is 1. The standard InChI is InChI=1S/C14H23NO2/c1-10(2)7-6-8-12-9-13(14(16)17-5)11(3)15(12)4/h7,12H,6,8-9H2,1-5H3. The van der Waals surface area contributed by atoms with Crippen LogP contribution >= 0.6 is 0 Å². The summed E-state index contributed by atoms with van der Waals surface area (Å²) in [5.74, 6) is -0.181. The van der Waals surface area contributed by atoms with Gasteiger partial charge in [0.05, 0.1) is 12.7 Å². The molecule has 17 heavy (non-hydrogen) atoms. The lowest BCUT2D eigenvalue weighted by atomic mass is 10.0. The summed E-state index contributed by atoms with van der Waals surface area (Å²) in [6.07, 6.45) is 5.21. The molecule has 0 aromatic rings. The Bertz CT molecular complexity index is 351. The summed E-state index contributed by atoms with van der Waals surface area (Å²) < 4.78 is 4.81. The predicted molar refractivity (Wildman–Crippen MR) is 69.5 cm³/mol. The molecule has 0 aromatic carbocycles. The third-order valence-electron chi connectivity index (χ3n) is 3.44. The van der Waals surface area contributed by atoms with Gasteiger partial charge in [-0.25, -0.2) is 4.79 Å². The first-order chi connectivity index (χ1) is 7.97. The van der Waals surface area contributed by atoms with E-state index in [2.05, 4.69) is 31.9 Å². The molecule has 0 radical (unpaired) electrons. The fraction of sp³-hybridized carbons (Fsp3) is 0.643. The van der Waals surface area contributed by atoms with Crippen LogP contribution in [0.3, 0.4) is 0 Å². The Balaban J connectivity index is 2.60. The molecule has 1 unspecified atom stereocenters. The van der Waals surface area contributed by atoms with Gasteiger partial charge >= 0.3 is 5.97 Å². The first-order valence-electron chi connectivity index (χ1n) is 6.11. The van der Waals surface area contributed by atoms with Crippen molar-refractivity contribution >= 4 is 5.97 Å². The Morgan fingerprint density at radius 1 is 1.53 bits per heavy atom. The zero-order chi connectivity index (χ0) is 13.0. The number of carbonyl (C=O) groups is 1. The van der Waals surface area contributed by atoms with Gasteiger partial charge in [0.15, 0.2) is 0 Å². The smallest absolute Gasteiger partial charge is 0.335 e. The normalized spacial score (nSPS) is 19.6. The van der Waals surface area contributed by atoms with E-state index in [0.717, 1.165) is 30.5 Å². The average molecular weight is 237 g/mol. The minimum Gasteiger partial charge on any atom is -0.466 e. The van der Waals surface area contributed by atoms with E-state index in [1.165, 1.54) is 12.7 Å². The molecule has 1 heterocycles. The molecule has 1 atom stereocenters. The fourth-order valence-corrected chi connectivity index (χ4v) is 2.22. The topological polar surface area (TPSA) is 29.5 Å². The molecule has 0 bridgehead atoms. The van der Waals surface area contributed by atoms with Gasteiger partial charge in [-0.3, -0.25) is 0 Å². The molecule has 0 spiro atoms. The zero-order valence-electron chi connectivity index (χ0n) is 11.5. The molecule has 3 nitrogen and oxygen atoms in total. The Kier molecular flexibility index (Phi) is 4.79. The first-order valence-corrected chi connectivity index (χ1v) is 6.11. The summed E-state index contributed by atoms with van der Waals surface area (Å²) in [7, 11) is 3.50. The highest BCUT2D eigenvalue weighted by Crippen LogP contribution is 2.30. The lowest BCUT2D eigenvalue weighted by Crippen LogP contribution is -2.24. The lowest BCUT2D eigenvalue weighted by molar-refractivity contribution is -0.136. The van der Waals surface area contributed by atoms with Gasteiger partial charge in [0.1, 0.15) is 0 Å². The van der Waals surface area contributed by atoms with Crippen molar-refractivity contribution in [1.82, 2.24) is 4.90 Å². The number of esters is 1. The molecule has 1 rings (SSSR count). The maximum absolute atomic E-state index is 11.6. The minimum atomic E-state index is -0.181. The van der Waals surface area contributed by atoms with Crippen LogP contribution in [0, 0.1) is 0 Å². The molecule has 1 aliphatic heterocycles. The first kappa shape index (κ1) is 13.8. The molecule has 0 N–H and O–H groups in total. The van der Waals surface area contributed by atoms with Crippen LogP contribution < -0.4 is 0 Å². The third kappa shape index (κ3) is 3.35. The van der Waals surface area contributed by atoms with Gasteiger partial charge < -0.3 is 9.64 Å². The van der Waals surface area contributed by atoms with Crippen molar-refractivity contribution in [2.24, 2.45) is 0 Å². The molecule has 3 heteroatoms. The highest BCUT2D eigenvalue weighted by atomic mass is 16.5. The summed E-state index contributed by atoms with van der Waals surface area (Å²) in [5, 5.41) is 0. The molecule has 0 amide bonds. The largest absolute Gasteiger partial charge is 0.466 e. The van der Waals surface area contributed by atoms with Crippen LogP contribution in [-0.2, 0) is 9.53 Å². The van der Waals surface area contributed by atoms with Gasteiger partial charge in [0.25, 0.3) is 0 Å². The second-order valence-electron chi connectivity index (χ2n) is 4.88. The van der Waals surface area contributed by atoms with E-state index in [1.807, 2.05) is 6.92 Å². The van der Waals surface area contributed by atoms with Gasteiger partial charge in [0.2, 0.25) is 0 Å².